The Labute approximate surface area is 126 Å². The van der Waals surface area contributed by atoms with Gasteiger partial charge in [0.2, 0.25) is 0 Å². The van der Waals surface area contributed by atoms with E-state index in [0.717, 1.165) is 0 Å². The smallest absolute Gasteiger partial charge is 0.00303 e. The maximum Gasteiger partial charge on any atom is 0.00303 e. The summed E-state index contributed by atoms with van der Waals surface area (Å²) in [6.45, 7) is 2.30. The summed E-state index contributed by atoms with van der Waals surface area (Å²) in [5.41, 5.74) is 7.40. The summed E-state index contributed by atoms with van der Waals surface area (Å²) < 4.78 is 0. The van der Waals surface area contributed by atoms with E-state index in [1.165, 1.54) is 40.7 Å². The predicted octanol–water partition coefficient (Wildman–Crippen LogP) is 5.78. The average molecular weight is 272 g/mol. The van der Waals surface area contributed by atoms with E-state index in [-0.39, 0.29) is 0 Å². The monoisotopic (exact) mass is 272 g/mol. The Hall–Kier alpha value is -2.08. The van der Waals surface area contributed by atoms with E-state index < -0.39 is 0 Å². The molecule has 0 N–H and O–H groups in total. The Morgan fingerprint density at radius 3 is 2.57 bits per heavy atom. The van der Waals surface area contributed by atoms with Gasteiger partial charge in [0, 0.05) is 11.8 Å². The first-order chi connectivity index (χ1) is 10.3. The van der Waals surface area contributed by atoms with E-state index in [0.29, 0.717) is 11.8 Å². The zero-order chi connectivity index (χ0) is 14.2. The van der Waals surface area contributed by atoms with Gasteiger partial charge in [-0.1, -0.05) is 73.7 Å². The summed E-state index contributed by atoms with van der Waals surface area (Å²) in [5, 5.41) is 0. The predicted molar refractivity (Wildman–Crippen MR) is 90.3 cm³/mol. The van der Waals surface area contributed by atoms with Gasteiger partial charge in [0.1, 0.15) is 0 Å². The minimum atomic E-state index is 0.572. The summed E-state index contributed by atoms with van der Waals surface area (Å²) in [4.78, 5) is 0. The Balaban J connectivity index is 1.52. The molecule has 2 aromatic carbocycles. The van der Waals surface area contributed by atoms with Crippen molar-refractivity contribution in [3.8, 4) is 0 Å². The van der Waals surface area contributed by atoms with Crippen LogP contribution in [0.4, 0.5) is 0 Å². The lowest BCUT2D eigenvalue weighted by Crippen LogP contribution is -1.94. The van der Waals surface area contributed by atoms with Crippen molar-refractivity contribution >= 4 is 11.6 Å². The first kappa shape index (κ1) is 12.6. The van der Waals surface area contributed by atoms with Gasteiger partial charge in [-0.3, -0.25) is 0 Å². The normalized spacial score (nSPS) is 22.0. The van der Waals surface area contributed by atoms with E-state index in [1.54, 1.807) is 0 Å². The van der Waals surface area contributed by atoms with Gasteiger partial charge in [0.05, 0.1) is 0 Å². The molecule has 2 aliphatic carbocycles. The molecule has 0 bridgehead atoms. The summed E-state index contributed by atoms with van der Waals surface area (Å²) in [6.07, 6.45) is 9.48. The summed E-state index contributed by atoms with van der Waals surface area (Å²) in [6, 6.07) is 17.7. The lowest BCUT2D eigenvalue weighted by atomic mass is 9.92. The number of hydrogen-bond acceptors (Lipinski definition) is 0. The fourth-order valence-electron chi connectivity index (χ4n) is 3.77. The van der Waals surface area contributed by atoms with Crippen LogP contribution in [-0.4, -0.2) is 0 Å². The number of hydrogen-bond donors (Lipinski definition) is 0. The second kappa shape index (κ2) is 5.04. The highest BCUT2D eigenvalue weighted by atomic mass is 14.3. The van der Waals surface area contributed by atoms with Crippen LogP contribution in [0.15, 0.2) is 60.7 Å². The van der Waals surface area contributed by atoms with Crippen LogP contribution in [0.2, 0.25) is 0 Å². The van der Waals surface area contributed by atoms with Crippen LogP contribution in [0.5, 0.6) is 0 Å². The Morgan fingerprint density at radius 1 is 0.905 bits per heavy atom. The van der Waals surface area contributed by atoms with Gasteiger partial charge in [0.15, 0.2) is 0 Å². The molecular formula is C21H20. The van der Waals surface area contributed by atoms with Crippen LogP contribution in [0.3, 0.4) is 0 Å². The number of fused-ring (bicyclic) bond motifs is 2. The third-order valence-electron chi connectivity index (χ3n) is 4.88. The van der Waals surface area contributed by atoms with Gasteiger partial charge in [-0.15, -0.1) is 0 Å². The third-order valence-corrected chi connectivity index (χ3v) is 4.88. The standard InChI is InChI=1S/C21H20/c1-15-14-18(21-9-5-4-7-19(15)21)13-12-17-11-10-16-6-2-3-8-20(16)17/h2-11,14-15,17H,12-13H2,1H3. The van der Waals surface area contributed by atoms with E-state index in [1.807, 2.05) is 0 Å². The van der Waals surface area contributed by atoms with Gasteiger partial charge >= 0.3 is 0 Å². The number of rotatable bonds is 3. The van der Waals surface area contributed by atoms with Crippen molar-refractivity contribution in [2.75, 3.05) is 0 Å². The molecule has 2 atom stereocenters. The summed E-state index contributed by atoms with van der Waals surface area (Å²) in [5.74, 6) is 1.16. The molecule has 2 aromatic rings. The quantitative estimate of drug-likeness (QED) is 0.664. The molecule has 0 saturated carbocycles. The van der Waals surface area contributed by atoms with Crippen molar-refractivity contribution in [2.45, 2.75) is 31.6 Å². The van der Waals surface area contributed by atoms with E-state index in [9.17, 15) is 0 Å². The molecule has 0 saturated heterocycles. The highest BCUT2D eigenvalue weighted by Gasteiger charge is 2.21. The van der Waals surface area contributed by atoms with Crippen LogP contribution >= 0.6 is 0 Å². The molecule has 0 spiro atoms. The molecule has 2 aliphatic rings. The first-order valence-corrected chi connectivity index (χ1v) is 7.90. The molecule has 0 aliphatic heterocycles. The molecule has 0 radical (unpaired) electrons. The van der Waals surface area contributed by atoms with Gasteiger partial charge < -0.3 is 0 Å². The minimum absolute atomic E-state index is 0.572. The zero-order valence-corrected chi connectivity index (χ0v) is 12.4. The van der Waals surface area contributed by atoms with E-state index in [2.05, 4.69) is 73.7 Å². The SMILES string of the molecule is CC1C=C(CCC2C=Cc3ccccc32)c2ccccc21. The second-order valence-corrected chi connectivity index (χ2v) is 6.20. The molecule has 0 aromatic heterocycles. The van der Waals surface area contributed by atoms with Crippen LogP contribution in [-0.2, 0) is 0 Å². The molecule has 0 heterocycles. The van der Waals surface area contributed by atoms with Crippen molar-refractivity contribution in [1.82, 2.24) is 0 Å². The minimum Gasteiger partial charge on any atom is -0.0764 e. The molecule has 0 amide bonds. The molecule has 0 nitrogen and oxygen atoms in total. The molecule has 0 fully saturated rings. The maximum atomic E-state index is 2.45. The topological polar surface area (TPSA) is 0 Å². The summed E-state index contributed by atoms with van der Waals surface area (Å²) >= 11 is 0. The van der Waals surface area contributed by atoms with Crippen molar-refractivity contribution < 1.29 is 0 Å². The third kappa shape index (κ3) is 2.15. The molecule has 4 rings (SSSR count). The van der Waals surface area contributed by atoms with E-state index >= 15 is 0 Å². The van der Waals surface area contributed by atoms with Crippen LogP contribution in [0.25, 0.3) is 11.6 Å². The maximum absolute atomic E-state index is 2.45. The van der Waals surface area contributed by atoms with Gasteiger partial charge in [-0.05, 0) is 40.7 Å². The lowest BCUT2D eigenvalue weighted by molar-refractivity contribution is 0.769. The average Bonchev–Trinajstić information content (AvgIpc) is 3.08. The fourth-order valence-corrected chi connectivity index (χ4v) is 3.77. The molecule has 21 heavy (non-hydrogen) atoms. The number of allylic oxidation sites excluding steroid dienone is 3. The highest BCUT2D eigenvalue weighted by molar-refractivity contribution is 5.74. The highest BCUT2D eigenvalue weighted by Crippen LogP contribution is 2.40. The van der Waals surface area contributed by atoms with Crippen molar-refractivity contribution in [1.29, 1.82) is 0 Å². The Morgan fingerprint density at radius 2 is 1.67 bits per heavy atom. The molecule has 2 unspecified atom stereocenters. The second-order valence-electron chi connectivity index (χ2n) is 6.20. The van der Waals surface area contributed by atoms with Gasteiger partial charge in [-0.2, -0.15) is 0 Å². The van der Waals surface area contributed by atoms with Crippen LogP contribution in [0.1, 0.15) is 53.9 Å². The first-order valence-electron chi connectivity index (χ1n) is 7.90. The van der Waals surface area contributed by atoms with Crippen LogP contribution in [0, 0.1) is 0 Å². The van der Waals surface area contributed by atoms with Crippen LogP contribution < -0.4 is 0 Å². The molecular weight excluding hydrogens is 252 g/mol. The fraction of sp³-hybridized carbons (Fsp3) is 0.238. The van der Waals surface area contributed by atoms with Crippen molar-refractivity contribution in [2.24, 2.45) is 0 Å². The largest absolute Gasteiger partial charge is 0.0764 e. The van der Waals surface area contributed by atoms with Crippen molar-refractivity contribution in [3.63, 3.8) is 0 Å². The zero-order valence-electron chi connectivity index (χ0n) is 12.4. The number of benzene rings is 2. The molecule has 0 heteroatoms. The lowest BCUT2D eigenvalue weighted by Gasteiger charge is -2.12. The Bertz CT molecular complexity index is 733. The van der Waals surface area contributed by atoms with Gasteiger partial charge in [-0.25, -0.2) is 0 Å². The summed E-state index contributed by atoms with van der Waals surface area (Å²) in [7, 11) is 0. The van der Waals surface area contributed by atoms with E-state index in [4.69, 9.17) is 0 Å². The van der Waals surface area contributed by atoms with Crippen molar-refractivity contribution in [3.05, 3.63) is 82.9 Å². The molecule has 104 valence electrons. The Kier molecular flexibility index (Phi) is 3.03. The van der Waals surface area contributed by atoms with Gasteiger partial charge in [0.25, 0.3) is 0 Å².